The first kappa shape index (κ1) is 19.2. The molecule has 0 fully saturated rings. The van der Waals surface area contributed by atoms with Gasteiger partial charge in [0, 0.05) is 17.5 Å². The van der Waals surface area contributed by atoms with Crippen molar-refractivity contribution < 1.29 is 23.4 Å². The third-order valence-corrected chi connectivity index (χ3v) is 4.33. The number of nitrogens with zero attached hydrogens (tertiary/aromatic N) is 4. The van der Waals surface area contributed by atoms with Gasteiger partial charge in [-0.25, -0.2) is 14.2 Å². The van der Waals surface area contributed by atoms with Crippen LogP contribution in [0.4, 0.5) is 4.39 Å². The monoisotopic (exact) mass is 409 g/mol. The summed E-state index contributed by atoms with van der Waals surface area (Å²) in [4.78, 5) is 15.1. The van der Waals surface area contributed by atoms with Crippen molar-refractivity contribution in [2.45, 2.75) is 13.3 Å². The fraction of sp³-hybridized carbons (Fsp3) is 0.150. The van der Waals surface area contributed by atoms with Crippen molar-refractivity contribution in [3.05, 3.63) is 65.4 Å². The number of tetrazole rings is 1. The number of H-pyrrole nitrogens is 1. The number of hydrogen-bond acceptors (Lipinski definition) is 7. The van der Waals surface area contributed by atoms with Gasteiger partial charge in [-0.15, -0.1) is 10.2 Å². The molecule has 0 saturated heterocycles. The molecule has 0 aliphatic heterocycles. The summed E-state index contributed by atoms with van der Waals surface area (Å²) in [6.45, 7) is 2.02. The number of rotatable bonds is 7. The van der Waals surface area contributed by atoms with Gasteiger partial charge in [-0.2, -0.15) is 5.21 Å². The summed E-state index contributed by atoms with van der Waals surface area (Å²) in [5, 5.41) is 23.0. The second-order valence-corrected chi connectivity index (χ2v) is 6.26. The zero-order valence-electron chi connectivity index (χ0n) is 15.8. The molecular formula is C20H16FN5O4. The average Bonchev–Trinajstić information content (AvgIpc) is 3.39. The Labute approximate surface area is 169 Å². The van der Waals surface area contributed by atoms with E-state index in [1.54, 1.807) is 43.3 Å². The molecule has 0 aliphatic carbocycles. The van der Waals surface area contributed by atoms with Crippen LogP contribution in [-0.2, 0) is 6.42 Å². The predicted octanol–water partition coefficient (Wildman–Crippen LogP) is 3.35. The van der Waals surface area contributed by atoms with E-state index in [0.717, 1.165) is 0 Å². The normalized spacial score (nSPS) is 10.9. The van der Waals surface area contributed by atoms with E-state index in [-0.39, 0.29) is 24.7 Å². The van der Waals surface area contributed by atoms with E-state index < -0.39 is 17.7 Å². The Morgan fingerprint density at radius 1 is 1.20 bits per heavy atom. The van der Waals surface area contributed by atoms with Crippen LogP contribution in [0.2, 0.25) is 0 Å². The first-order chi connectivity index (χ1) is 14.6. The lowest BCUT2D eigenvalue weighted by atomic mass is 9.97. The Bertz CT molecular complexity index is 1190. The molecule has 2 N–H and O–H groups in total. The van der Waals surface area contributed by atoms with Gasteiger partial charge in [-0.05, 0) is 29.3 Å². The molecule has 0 bridgehead atoms. The van der Waals surface area contributed by atoms with Crippen LogP contribution in [-0.4, -0.2) is 43.3 Å². The van der Waals surface area contributed by atoms with Crippen LogP contribution >= 0.6 is 0 Å². The molecule has 4 rings (SSSR count). The average molecular weight is 409 g/mol. The van der Waals surface area contributed by atoms with Crippen molar-refractivity contribution in [1.29, 1.82) is 0 Å². The molecule has 0 saturated carbocycles. The van der Waals surface area contributed by atoms with Gasteiger partial charge in [0.25, 0.3) is 0 Å². The smallest absolute Gasteiger partial charge is 0.392 e. The summed E-state index contributed by atoms with van der Waals surface area (Å²) in [6.07, 6.45) is 0.149. The summed E-state index contributed by atoms with van der Waals surface area (Å²) >= 11 is 0. The largest absolute Gasteiger partial charge is 0.474 e. The lowest BCUT2D eigenvalue weighted by Gasteiger charge is -2.09. The molecule has 2 aromatic carbocycles. The van der Waals surface area contributed by atoms with Gasteiger partial charge >= 0.3 is 17.8 Å². The lowest BCUT2D eigenvalue weighted by molar-refractivity contribution is 0.0645. The second kappa shape index (κ2) is 8.11. The zero-order valence-corrected chi connectivity index (χ0v) is 15.8. The minimum atomic E-state index is -1.30. The number of carboxylic acid groups (broad SMARTS) is 1. The lowest BCUT2D eigenvalue weighted by Crippen LogP contribution is -1.99. The number of carboxylic acids is 1. The van der Waals surface area contributed by atoms with E-state index in [9.17, 15) is 4.79 Å². The molecule has 2 aromatic heterocycles. The predicted molar refractivity (Wildman–Crippen MR) is 102 cm³/mol. The SMILES string of the molecule is CCOc1oc(C(=O)O)nc1Cc1ccc(-c2ccccc2-c2nn[nH]n2)c(F)c1. The van der Waals surface area contributed by atoms with Crippen LogP contribution in [0.5, 0.6) is 5.95 Å². The fourth-order valence-electron chi connectivity index (χ4n) is 3.05. The highest BCUT2D eigenvalue weighted by Crippen LogP contribution is 2.32. The van der Waals surface area contributed by atoms with Crippen molar-refractivity contribution in [1.82, 2.24) is 25.6 Å². The van der Waals surface area contributed by atoms with Crippen LogP contribution in [0.25, 0.3) is 22.5 Å². The number of ether oxygens (including phenoxy) is 1. The summed E-state index contributed by atoms with van der Waals surface area (Å²) in [6, 6.07) is 11.9. The Balaban J connectivity index is 1.67. The molecule has 9 nitrogen and oxygen atoms in total. The summed E-state index contributed by atoms with van der Waals surface area (Å²) in [5.41, 5.74) is 2.50. The van der Waals surface area contributed by atoms with Crippen LogP contribution in [0, 0.1) is 5.82 Å². The third kappa shape index (κ3) is 3.75. The summed E-state index contributed by atoms with van der Waals surface area (Å²) in [7, 11) is 0. The highest BCUT2D eigenvalue weighted by atomic mass is 19.1. The zero-order chi connectivity index (χ0) is 21.1. The molecule has 0 amide bonds. The van der Waals surface area contributed by atoms with E-state index in [2.05, 4.69) is 25.6 Å². The highest BCUT2D eigenvalue weighted by molar-refractivity contribution is 5.82. The van der Waals surface area contributed by atoms with E-state index in [0.29, 0.717) is 28.1 Å². The quantitative estimate of drug-likeness (QED) is 0.476. The minimum absolute atomic E-state index is 0.0156. The molecular weight excluding hydrogens is 393 g/mol. The number of nitrogens with one attached hydrogen (secondary N) is 1. The third-order valence-electron chi connectivity index (χ3n) is 4.33. The number of aromatic carboxylic acids is 1. The fourth-order valence-corrected chi connectivity index (χ4v) is 3.05. The standard InChI is InChI=1S/C20H16FN5O4/c1-2-29-20-16(22-18(30-20)19(27)28)10-11-7-8-13(15(21)9-11)12-5-3-4-6-14(12)17-23-25-26-24-17/h3-9H,2,10H2,1H3,(H,27,28)(H,23,24,25,26). The van der Waals surface area contributed by atoms with Crippen LogP contribution < -0.4 is 4.74 Å². The maximum absolute atomic E-state index is 15.0. The highest BCUT2D eigenvalue weighted by Gasteiger charge is 2.20. The molecule has 152 valence electrons. The molecule has 0 atom stereocenters. The van der Waals surface area contributed by atoms with E-state index >= 15 is 4.39 Å². The van der Waals surface area contributed by atoms with Gasteiger partial charge in [0.2, 0.25) is 5.82 Å². The van der Waals surface area contributed by atoms with Gasteiger partial charge in [0.1, 0.15) is 11.5 Å². The first-order valence-corrected chi connectivity index (χ1v) is 9.04. The molecule has 0 spiro atoms. The van der Waals surface area contributed by atoms with Crippen LogP contribution in [0.15, 0.2) is 46.9 Å². The maximum atomic E-state index is 15.0. The Hall–Kier alpha value is -4.08. The van der Waals surface area contributed by atoms with Crippen molar-refractivity contribution in [2.75, 3.05) is 6.61 Å². The van der Waals surface area contributed by atoms with E-state index in [1.165, 1.54) is 6.07 Å². The van der Waals surface area contributed by atoms with Crippen molar-refractivity contribution in [3.8, 4) is 28.5 Å². The number of aromatic nitrogens is 5. The van der Waals surface area contributed by atoms with E-state index in [4.69, 9.17) is 14.3 Å². The van der Waals surface area contributed by atoms with Gasteiger partial charge in [0.05, 0.1) is 6.61 Å². The Morgan fingerprint density at radius 2 is 2.00 bits per heavy atom. The minimum Gasteiger partial charge on any atom is -0.474 e. The van der Waals surface area contributed by atoms with Crippen molar-refractivity contribution >= 4 is 5.97 Å². The van der Waals surface area contributed by atoms with Gasteiger partial charge in [0.15, 0.2) is 0 Å². The Morgan fingerprint density at radius 3 is 2.67 bits per heavy atom. The number of carbonyl (C=O) groups is 1. The molecule has 0 unspecified atom stereocenters. The molecule has 0 aliphatic rings. The maximum Gasteiger partial charge on any atom is 0.392 e. The number of halogens is 1. The molecule has 30 heavy (non-hydrogen) atoms. The molecule has 0 radical (unpaired) electrons. The second-order valence-electron chi connectivity index (χ2n) is 6.26. The topological polar surface area (TPSA) is 127 Å². The Kier molecular flexibility index (Phi) is 5.21. The number of oxazole rings is 1. The molecule has 2 heterocycles. The number of benzene rings is 2. The van der Waals surface area contributed by atoms with E-state index in [1.807, 2.05) is 0 Å². The van der Waals surface area contributed by atoms with Crippen LogP contribution in [0.3, 0.4) is 0 Å². The number of hydrogen-bond donors (Lipinski definition) is 2. The summed E-state index contributed by atoms with van der Waals surface area (Å²) in [5.74, 6) is -1.86. The molecule has 10 heteroatoms. The summed E-state index contributed by atoms with van der Waals surface area (Å²) < 4.78 is 25.4. The van der Waals surface area contributed by atoms with Gasteiger partial charge in [-0.3, -0.25) is 0 Å². The molecule has 4 aromatic rings. The number of aromatic amines is 1. The van der Waals surface area contributed by atoms with Crippen molar-refractivity contribution in [2.24, 2.45) is 0 Å². The van der Waals surface area contributed by atoms with Gasteiger partial charge in [-0.1, -0.05) is 36.4 Å². The van der Waals surface area contributed by atoms with Crippen molar-refractivity contribution in [3.63, 3.8) is 0 Å². The van der Waals surface area contributed by atoms with Crippen LogP contribution in [0.1, 0.15) is 28.9 Å². The van der Waals surface area contributed by atoms with Gasteiger partial charge < -0.3 is 14.3 Å². The first-order valence-electron chi connectivity index (χ1n) is 9.04.